The summed E-state index contributed by atoms with van der Waals surface area (Å²) in [6.07, 6.45) is 3.39. The van der Waals surface area contributed by atoms with Crippen molar-refractivity contribution in [3.8, 4) is 5.75 Å². The molecule has 0 radical (unpaired) electrons. The fraction of sp³-hybridized carbons (Fsp3) is 0.0952. The molecule has 2 heterocycles. The van der Waals surface area contributed by atoms with Crippen LogP contribution in [0.25, 0.3) is 0 Å². The van der Waals surface area contributed by atoms with E-state index in [1.165, 1.54) is 4.68 Å². The number of carbonyl (C=O) groups excluding carboxylic acids is 1. The molecule has 32 heavy (non-hydrogen) atoms. The van der Waals surface area contributed by atoms with Crippen molar-refractivity contribution < 1.29 is 9.53 Å². The number of halogens is 4. The van der Waals surface area contributed by atoms with E-state index < -0.39 is 5.91 Å². The third-order valence-corrected chi connectivity index (χ3v) is 6.13. The Labute approximate surface area is 207 Å². The zero-order valence-corrected chi connectivity index (χ0v) is 20.2. The summed E-state index contributed by atoms with van der Waals surface area (Å²) < 4.78 is 9.41. The zero-order chi connectivity index (χ0) is 22.7. The monoisotopic (exact) mass is 553 g/mol. The summed E-state index contributed by atoms with van der Waals surface area (Å²) in [6.45, 7) is 0.523. The number of aromatic nitrogens is 4. The van der Waals surface area contributed by atoms with Gasteiger partial charge in [-0.25, -0.2) is 4.68 Å². The van der Waals surface area contributed by atoms with Gasteiger partial charge in [-0.3, -0.25) is 9.48 Å². The Kier molecular flexibility index (Phi) is 7.05. The van der Waals surface area contributed by atoms with E-state index in [2.05, 4.69) is 31.4 Å². The summed E-state index contributed by atoms with van der Waals surface area (Å²) in [6, 6.07) is 14.2. The maximum atomic E-state index is 12.6. The third kappa shape index (κ3) is 5.27. The molecule has 0 spiro atoms. The number of nitrogens with zero attached hydrogens (tertiary/aromatic N) is 4. The van der Waals surface area contributed by atoms with E-state index in [4.69, 9.17) is 39.5 Å². The highest BCUT2D eigenvalue weighted by atomic mass is 79.9. The predicted molar refractivity (Wildman–Crippen MR) is 128 cm³/mol. The van der Waals surface area contributed by atoms with Crippen molar-refractivity contribution in [2.75, 3.05) is 5.32 Å². The second-order valence-corrected chi connectivity index (χ2v) is 8.68. The maximum absolute atomic E-state index is 12.6. The Morgan fingerprint density at radius 2 is 1.78 bits per heavy atom. The quantitative estimate of drug-likeness (QED) is 0.297. The fourth-order valence-electron chi connectivity index (χ4n) is 2.82. The van der Waals surface area contributed by atoms with Gasteiger partial charge in [0.1, 0.15) is 10.8 Å². The molecule has 0 saturated heterocycles. The summed E-state index contributed by atoms with van der Waals surface area (Å²) in [5.41, 5.74) is 1.12. The van der Waals surface area contributed by atoms with Gasteiger partial charge in [0.05, 0.1) is 16.0 Å². The van der Waals surface area contributed by atoms with Crippen LogP contribution in [0.3, 0.4) is 0 Å². The fourth-order valence-corrected chi connectivity index (χ4v) is 3.78. The number of benzene rings is 2. The van der Waals surface area contributed by atoms with Crippen LogP contribution in [-0.2, 0) is 13.3 Å². The maximum Gasteiger partial charge on any atom is 0.277 e. The first kappa shape index (κ1) is 22.7. The van der Waals surface area contributed by atoms with Crippen LogP contribution in [0.2, 0.25) is 15.1 Å². The number of ether oxygens (including phenoxy) is 1. The molecule has 4 rings (SSSR count). The average Bonchev–Trinajstić information content (AvgIpc) is 3.38. The van der Waals surface area contributed by atoms with Crippen molar-refractivity contribution in [3.63, 3.8) is 0 Å². The van der Waals surface area contributed by atoms with Gasteiger partial charge in [-0.05, 0) is 45.8 Å². The molecular formula is C21H15BrCl3N5O2. The van der Waals surface area contributed by atoms with E-state index in [0.717, 1.165) is 5.56 Å². The van der Waals surface area contributed by atoms with Crippen LogP contribution in [0, 0.1) is 0 Å². The largest absolute Gasteiger partial charge is 0.470 e. The van der Waals surface area contributed by atoms with Crippen LogP contribution < -0.4 is 10.1 Å². The number of anilines is 1. The van der Waals surface area contributed by atoms with Crippen molar-refractivity contribution in [1.82, 2.24) is 19.6 Å². The van der Waals surface area contributed by atoms with Crippen molar-refractivity contribution in [2.24, 2.45) is 0 Å². The van der Waals surface area contributed by atoms with Gasteiger partial charge in [0.2, 0.25) is 0 Å². The second kappa shape index (κ2) is 9.95. The van der Waals surface area contributed by atoms with Crippen LogP contribution in [0.4, 0.5) is 5.82 Å². The van der Waals surface area contributed by atoms with Crippen LogP contribution in [0.1, 0.15) is 16.1 Å². The average molecular weight is 556 g/mol. The summed E-state index contributed by atoms with van der Waals surface area (Å²) in [4.78, 5) is 12.6. The zero-order valence-electron chi connectivity index (χ0n) is 16.3. The molecule has 0 bridgehead atoms. The second-order valence-electron chi connectivity index (χ2n) is 6.63. The lowest BCUT2D eigenvalue weighted by molar-refractivity contribution is 0.101. The van der Waals surface area contributed by atoms with Gasteiger partial charge in [0, 0.05) is 17.4 Å². The smallest absolute Gasteiger partial charge is 0.277 e. The molecule has 11 heteroatoms. The van der Waals surface area contributed by atoms with E-state index >= 15 is 0 Å². The topological polar surface area (TPSA) is 74.0 Å². The SMILES string of the molecule is O=C(Nc1nn(Cc2ccccc2Cl)cc1Br)c1ccn(COc2cccc(Cl)c2Cl)n1. The van der Waals surface area contributed by atoms with Crippen LogP contribution in [-0.4, -0.2) is 25.5 Å². The third-order valence-electron chi connectivity index (χ3n) is 4.38. The number of amides is 1. The molecule has 1 N–H and O–H groups in total. The van der Waals surface area contributed by atoms with Gasteiger partial charge in [0.15, 0.2) is 18.2 Å². The van der Waals surface area contributed by atoms with Crippen molar-refractivity contribution in [2.45, 2.75) is 13.3 Å². The first-order valence-electron chi connectivity index (χ1n) is 9.28. The standard InChI is InChI=1S/C21H15BrCl3N5O2/c22-14-11-30(10-13-4-1-2-5-15(13)23)28-20(14)26-21(31)17-8-9-29(27-17)12-32-18-7-3-6-16(24)19(18)25/h1-9,11H,10,12H2,(H,26,28,31). The molecule has 0 atom stereocenters. The highest BCUT2D eigenvalue weighted by Gasteiger charge is 2.15. The molecule has 1 amide bonds. The number of nitrogens with one attached hydrogen (secondary N) is 1. The van der Waals surface area contributed by atoms with E-state index in [1.807, 2.05) is 24.3 Å². The van der Waals surface area contributed by atoms with Crippen molar-refractivity contribution >= 4 is 62.5 Å². The van der Waals surface area contributed by atoms with E-state index in [-0.39, 0.29) is 12.4 Å². The van der Waals surface area contributed by atoms with Crippen molar-refractivity contribution in [1.29, 1.82) is 0 Å². The van der Waals surface area contributed by atoms with Crippen LogP contribution >= 0.6 is 50.7 Å². The molecule has 0 aliphatic rings. The Balaban J connectivity index is 1.39. The van der Waals surface area contributed by atoms with Crippen LogP contribution in [0.5, 0.6) is 5.75 Å². The highest BCUT2D eigenvalue weighted by molar-refractivity contribution is 9.10. The molecule has 0 aliphatic carbocycles. The van der Waals surface area contributed by atoms with Gasteiger partial charge < -0.3 is 10.1 Å². The minimum Gasteiger partial charge on any atom is -0.470 e. The normalized spacial score (nSPS) is 10.9. The molecule has 0 unspecified atom stereocenters. The van der Waals surface area contributed by atoms with Gasteiger partial charge in [0.25, 0.3) is 5.91 Å². The Bertz CT molecular complexity index is 1270. The summed E-state index contributed by atoms with van der Waals surface area (Å²) in [5, 5.41) is 12.7. The molecule has 164 valence electrons. The molecular weight excluding hydrogens is 541 g/mol. The van der Waals surface area contributed by atoms with Crippen LogP contribution in [0.15, 0.2) is 65.4 Å². The van der Waals surface area contributed by atoms with Gasteiger partial charge >= 0.3 is 0 Å². The summed E-state index contributed by atoms with van der Waals surface area (Å²) in [7, 11) is 0. The molecule has 7 nitrogen and oxygen atoms in total. The van der Waals surface area contributed by atoms with Gasteiger partial charge in [-0.2, -0.15) is 10.2 Å². The summed E-state index contributed by atoms with van der Waals surface area (Å²) >= 11 is 21.7. The molecule has 2 aromatic carbocycles. The number of hydrogen-bond acceptors (Lipinski definition) is 4. The van der Waals surface area contributed by atoms with E-state index in [0.29, 0.717) is 37.7 Å². The molecule has 2 aromatic heterocycles. The minimum absolute atomic E-state index is 0.0590. The first-order valence-corrected chi connectivity index (χ1v) is 11.2. The van der Waals surface area contributed by atoms with Gasteiger partial charge in [-0.1, -0.05) is 59.1 Å². The lowest BCUT2D eigenvalue weighted by Crippen LogP contribution is -2.15. The molecule has 0 aliphatic heterocycles. The van der Waals surface area contributed by atoms with E-state index in [1.54, 1.807) is 41.3 Å². The van der Waals surface area contributed by atoms with Gasteiger partial charge in [-0.15, -0.1) is 0 Å². The highest BCUT2D eigenvalue weighted by Crippen LogP contribution is 2.31. The summed E-state index contributed by atoms with van der Waals surface area (Å²) in [5.74, 6) is 0.389. The number of hydrogen-bond donors (Lipinski definition) is 1. The lowest BCUT2D eigenvalue weighted by atomic mass is 10.2. The van der Waals surface area contributed by atoms with E-state index in [9.17, 15) is 4.79 Å². The Hall–Kier alpha value is -2.52. The molecule has 0 fully saturated rings. The molecule has 0 saturated carbocycles. The Morgan fingerprint density at radius 1 is 1.00 bits per heavy atom. The number of carbonyl (C=O) groups is 1. The molecule has 4 aromatic rings. The number of rotatable bonds is 7. The minimum atomic E-state index is -0.409. The Morgan fingerprint density at radius 3 is 2.59 bits per heavy atom. The predicted octanol–water partition coefficient (Wildman–Crippen LogP) is 6.14. The first-order chi connectivity index (χ1) is 15.4. The lowest BCUT2D eigenvalue weighted by Gasteiger charge is -2.08. The van der Waals surface area contributed by atoms with Crippen molar-refractivity contribution in [3.05, 3.63) is 91.7 Å².